The van der Waals surface area contributed by atoms with Gasteiger partial charge in [-0.25, -0.2) is 9.59 Å². The van der Waals surface area contributed by atoms with Crippen LogP contribution in [0.1, 0.15) is 35.3 Å². The third kappa shape index (κ3) is 6.82. The van der Waals surface area contributed by atoms with Gasteiger partial charge < -0.3 is 14.2 Å². The van der Waals surface area contributed by atoms with E-state index >= 15 is 0 Å². The molecule has 0 saturated heterocycles. The van der Waals surface area contributed by atoms with Gasteiger partial charge in [-0.2, -0.15) is 8.42 Å². The molecule has 2 rings (SSSR count). The second-order valence-electron chi connectivity index (χ2n) is 7.06. The summed E-state index contributed by atoms with van der Waals surface area (Å²) in [5.74, 6) is -2.06. The number of nitrogens with one attached hydrogen (secondary N) is 2. The Morgan fingerprint density at radius 2 is 1.71 bits per heavy atom. The molecule has 9 nitrogen and oxygen atoms in total. The number of aryl methyl sites for hydroxylation is 2. The second kappa shape index (κ2) is 10.1. The van der Waals surface area contributed by atoms with Crippen molar-refractivity contribution >= 4 is 28.0 Å². The second-order valence-corrected chi connectivity index (χ2v) is 8.57. The van der Waals surface area contributed by atoms with E-state index in [1.807, 2.05) is 5.32 Å². The molecule has 0 radical (unpaired) electrons. The SMILES string of the molecule is Cc1ccc(C)c(S(=O)(=O)Oc2ccccc2C(=O)OCC(=O)NC(=O)NC(C)C)c1. The van der Waals surface area contributed by atoms with Crippen molar-refractivity contribution in [3.63, 3.8) is 0 Å². The summed E-state index contributed by atoms with van der Waals surface area (Å²) >= 11 is 0. The first kappa shape index (κ1) is 23.9. The Bertz CT molecular complexity index is 1090. The average Bonchev–Trinajstić information content (AvgIpc) is 2.67. The smallest absolute Gasteiger partial charge is 0.342 e. The number of ether oxygens (including phenoxy) is 1. The van der Waals surface area contributed by atoms with Gasteiger partial charge in [-0.05, 0) is 57.0 Å². The van der Waals surface area contributed by atoms with Crippen molar-refractivity contribution in [2.24, 2.45) is 0 Å². The van der Waals surface area contributed by atoms with E-state index in [0.717, 1.165) is 5.56 Å². The lowest BCUT2D eigenvalue weighted by molar-refractivity contribution is -0.123. The number of hydrogen-bond donors (Lipinski definition) is 2. The summed E-state index contributed by atoms with van der Waals surface area (Å²) in [5.41, 5.74) is 1.03. The summed E-state index contributed by atoms with van der Waals surface area (Å²) in [6, 6.07) is 9.58. The predicted octanol–water partition coefficient (Wildman–Crippen LogP) is 2.46. The third-order valence-corrected chi connectivity index (χ3v) is 5.30. The lowest BCUT2D eigenvalue weighted by Crippen LogP contribution is -2.44. The molecule has 0 spiro atoms. The molecule has 0 atom stereocenters. The number of amides is 3. The van der Waals surface area contributed by atoms with Crippen molar-refractivity contribution in [3.05, 3.63) is 59.2 Å². The lowest BCUT2D eigenvalue weighted by atomic mass is 10.2. The van der Waals surface area contributed by atoms with Crippen molar-refractivity contribution in [2.75, 3.05) is 6.61 Å². The summed E-state index contributed by atoms with van der Waals surface area (Å²) in [5, 5.41) is 4.46. The average molecular weight is 448 g/mol. The van der Waals surface area contributed by atoms with E-state index in [4.69, 9.17) is 8.92 Å². The molecule has 0 bridgehead atoms. The molecule has 0 aliphatic rings. The van der Waals surface area contributed by atoms with Gasteiger partial charge >= 0.3 is 22.1 Å². The molecule has 0 unspecified atom stereocenters. The largest absolute Gasteiger partial charge is 0.452 e. The molecule has 2 aromatic carbocycles. The van der Waals surface area contributed by atoms with E-state index in [9.17, 15) is 22.8 Å². The van der Waals surface area contributed by atoms with Gasteiger partial charge in [0.05, 0.1) is 0 Å². The number of benzene rings is 2. The zero-order valence-electron chi connectivity index (χ0n) is 17.6. The molecule has 2 aromatic rings. The number of carbonyl (C=O) groups is 3. The van der Waals surface area contributed by atoms with E-state index in [1.54, 1.807) is 39.8 Å². The highest BCUT2D eigenvalue weighted by Gasteiger charge is 2.24. The van der Waals surface area contributed by atoms with Gasteiger partial charge in [-0.15, -0.1) is 0 Å². The summed E-state index contributed by atoms with van der Waals surface area (Å²) in [7, 11) is -4.22. The molecule has 10 heteroatoms. The first-order valence-electron chi connectivity index (χ1n) is 9.38. The topological polar surface area (TPSA) is 128 Å². The molecule has 0 heterocycles. The summed E-state index contributed by atoms with van der Waals surface area (Å²) in [4.78, 5) is 35.6. The molecule has 166 valence electrons. The van der Waals surface area contributed by atoms with Crippen LogP contribution in [0.2, 0.25) is 0 Å². The first-order valence-corrected chi connectivity index (χ1v) is 10.8. The minimum absolute atomic E-state index is 0.0220. The Kier molecular flexibility index (Phi) is 7.76. The fourth-order valence-electron chi connectivity index (χ4n) is 2.52. The van der Waals surface area contributed by atoms with Crippen molar-refractivity contribution in [3.8, 4) is 5.75 Å². The molecule has 0 aromatic heterocycles. The maximum absolute atomic E-state index is 12.7. The van der Waals surface area contributed by atoms with Crippen LogP contribution in [-0.2, 0) is 19.6 Å². The molecular formula is C21H24N2O7S. The Hall–Kier alpha value is -3.40. The fourth-order valence-corrected chi connectivity index (χ4v) is 3.78. The summed E-state index contributed by atoms with van der Waals surface area (Å²) in [6.07, 6.45) is 0. The number of urea groups is 1. The molecule has 0 aliphatic heterocycles. The first-order chi connectivity index (χ1) is 14.5. The van der Waals surface area contributed by atoms with Gasteiger partial charge in [-0.1, -0.05) is 24.3 Å². The molecule has 31 heavy (non-hydrogen) atoms. The molecule has 2 N–H and O–H groups in total. The fraction of sp³-hybridized carbons (Fsp3) is 0.286. The predicted molar refractivity (Wildman–Crippen MR) is 112 cm³/mol. The highest BCUT2D eigenvalue weighted by atomic mass is 32.2. The minimum Gasteiger partial charge on any atom is -0.452 e. The van der Waals surface area contributed by atoms with Crippen molar-refractivity contribution < 1.29 is 31.7 Å². The summed E-state index contributed by atoms with van der Waals surface area (Å²) in [6.45, 7) is 6.07. The molecule has 0 fully saturated rings. The van der Waals surface area contributed by atoms with E-state index < -0.39 is 34.6 Å². The highest BCUT2D eigenvalue weighted by molar-refractivity contribution is 7.87. The van der Waals surface area contributed by atoms with Crippen molar-refractivity contribution in [1.82, 2.24) is 10.6 Å². The quantitative estimate of drug-likeness (QED) is 0.492. The third-order valence-electron chi connectivity index (χ3n) is 3.93. The van der Waals surface area contributed by atoms with Crippen LogP contribution < -0.4 is 14.8 Å². The van der Waals surface area contributed by atoms with Gasteiger partial charge in [0, 0.05) is 6.04 Å². The van der Waals surface area contributed by atoms with Crippen molar-refractivity contribution in [2.45, 2.75) is 38.6 Å². The Morgan fingerprint density at radius 1 is 1.03 bits per heavy atom. The van der Waals surface area contributed by atoms with Crippen LogP contribution in [0.4, 0.5) is 4.79 Å². The van der Waals surface area contributed by atoms with Crippen LogP contribution in [0, 0.1) is 13.8 Å². The molecular weight excluding hydrogens is 424 g/mol. The zero-order valence-corrected chi connectivity index (χ0v) is 18.4. The lowest BCUT2D eigenvalue weighted by Gasteiger charge is -2.13. The Labute approximate surface area is 180 Å². The highest BCUT2D eigenvalue weighted by Crippen LogP contribution is 2.25. The van der Waals surface area contributed by atoms with Gasteiger partial charge in [0.25, 0.3) is 5.91 Å². The van der Waals surface area contributed by atoms with Crippen LogP contribution in [0.15, 0.2) is 47.4 Å². The van der Waals surface area contributed by atoms with Crippen LogP contribution in [0.25, 0.3) is 0 Å². The van der Waals surface area contributed by atoms with Crippen LogP contribution in [0.3, 0.4) is 0 Å². The van der Waals surface area contributed by atoms with E-state index in [2.05, 4.69) is 5.32 Å². The Balaban J connectivity index is 2.13. The maximum Gasteiger partial charge on any atom is 0.342 e. The van der Waals surface area contributed by atoms with Gasteiger partial charge in [0.15, 0.2) is 12.4 Å². The number of imide groups is 1. The van der Waals surface area contributed by atoms with E-state index in [-0.39, 0.29) is 22.3 Å². The van der Waals surface area contributed by atoms with Crippen molar-refractivity contribution in [1.29, 1.82) is 0 Å². The number of carbonyl (C=O) groups excluding carboxylic acids is 3. The van der Waals surface area contributed by atoms with E-state index in [1.165, 1.54) is 30.3 Å². The zero-order chi connectivity index (χ0) is 23.2. The Morgan fingerprint density at radius 3 is 2.39 bits per heavy atom. The normalized spacial score (nSPS) is 11.0. The number of esters is 1. The number of rotatable bonds is 7. The molecule has 0 saturated carbocycles. The van der Waals surface area contributed by atoms with Gasteiger partial charge in [-0.3, -0.25) is 10.1 Å². The van der Waals surface area contributed by atoms with Gasteiger partial charge in [0.1, 0.15) is 10.5 Å². The standard InChI is InChI=1S/C21H24N2O7S/c1-13(2)22-21(26)23-19(24)12-29-20(25)16-7-5-6-8-17(16)30-31(27,28)18-11-14(3)9-10-15(18)4/h5-11,13H,12H2,1-4H3,(H2,22,23,24,26). The number of hydrogen-bond acceptors (Lipinski definition) is 7. The van der Waals surface area contributed by atoms with Crippen LogP contribution in [0.5, 0.6) is 5.75 Å². The number of para-hydroxylation sites is 1. The minimum atomic E-state index is -4.22. The van der Waals surface area contributed by atoms with E-state index in [0.29, 0.717) is 5.56 Å². The molecule has 0 aliphatic carbocycles. The van der Waals surface area contributed by atoms with Crippen LogP contribution >= 0.6 is 0 Å². The summed E-state index contributed by atoms with van der Waals surface area (Å²) < 4.78 is 35.6. The van der Waals surface area contributed by atoms with Crippen LogP contribution in [-0.4, -0.2) is 39.0 Å². The maximum atomic E-state index is 12.7. The monoisotopic (exact) mass is 448 g/mol. The molecule has 3 amide bonds. The van der Waals surface area contributed by atoms with Gasteiger partial charge in [0.2, 0.25) is 0 Å².